The Morgan fingerprint density at radius 2 is 1.58 bits per heavy atom. The first-order valence-corrected chi connectivity index (χ1v) is 11.6. The number of amides is 2. The van der Waals surface area contributed by atoms with Gasteiger partial charge in [-0.3, -0.25) is 9.59 Å². The van der Waals surface area contributed by atoms with Crippen molar-refractivity contribution >= 4 is 17.5 Å². The predicted molar refractivity (Wildman–Crippen MR) is 133 cm³/mol. The van der Waals surface area contributed by atoms with Crippen LogP contribution in [-0.2, 0) is 0 Å². The number of rotatable bonds is 6. The van der Waals surface area contributed by atoms with Gasteiger partial charge < -0.3 is 15.5 Å². The van der Waals surface area contributed by atoms with Crippen molar-refractivity contribution in [2.45, 2.75) is 38.8 Å². The molecule has 2 N–H and O–H groups in total. The van der Waals surface area contributed by atoms with Crippen molar-refractivity contribution < 1.29 is 9.59 Å². The van der Waals surface area contributed by atoms with Gasteiger partial charge in [-0.1, -0.05) is 60.2 Å². The second-order valence-electron chi connectivity index (χ2n) is 8.73. The van der Waals surface area contributed by atoms with Crippen LogP contribution in [0.3, 0.4) is 0 Å². The highest BCUT2D eigenvalue weighted by atomic mass is 16.2. The van der Waals surface area contributed by atoms with Crippen LogP contribution < -0.4 is 15.5 Å². The Hall–Kier alpha value is -3.60. The van der Waals surface area contributed by atoms with E-state index in [9.17, 15) is 9.59 Å². The molecule has 3 aromatic rings. The van der Waals surface area contributed by atoms with E-state index >= 15 is 0 Å². The Morgan fingerprint density at radius 3 is 2.30 bits per heavy atom. The van der Waals surface area contributed by atoms with Gasteiger partial charge in [-0.2, -0.15) is 0 Å². The maximum absolute atomic E-state index is 13.1. The minimum atomic E-state index is -0.0747. The van der Waals surface area contributed by atoms with E-state index in [-0.39, 0.29) is 23.9 Å². The number of nitrogens with zero attached hydrogens (tertiary/aromatic N) is 1. The number of benzene rings is 3. The summed E-state index contributed by atoms with van der Waals surface area (Å²) in [6.07, 6.45) is 1.68. The van der Waals surface area contributed by atoms with Gasteiger partial charge in [0.15, 0.2) is 0 Å². The van der Waals surface area contributed by atoms with Gasteiger partial charge in [-0.15, -0.1) is 0 Å². The average molecular weight is 442 g/mol. The molecule has 1 fully saturated rings. The molecule has 1 aliphatic rings. The van der Waals surface area contributed by atoms with E-state index in [4.69, 9.17) is 0 Å². The van der Waals surface area contributed by atoms with Crippen molar-refractivity contribution in [2.24, 2.45) is 0 Å². The van der Waals surface area contributed by atoms with Gasteiger partial charge in [0.2, 0.25) is 0 Å². The topological polar surface area (TPSA) is 61.4 Å². The molecule has 1 heterocycles. The molecule has 0 radical (unpaired) electrons. The molecular weight excluding hydrogens is 410 g/mol. The van der Waals surface area contributed by atoms with E-state index in [0.29, 0.717) is 11.1 Å². The van der Waals surface area contributed by atoms with Crippen LogP contribution >= 0.6 is 0 Å². The third kappa shape index (κ3) is 5.61. The van der Waals surface area contributed by atoms with Gasteiger partial charge in [0.05, 0.1) is 11.6 Å². The molecule has 0 aliphatic carbocycles. The van der Waals surface area contributed by atoms with E-state index in [1.54, 1.807) is 0 Å². The minimum absolute atomic E-state index is 0.0215. The number of hydrogen-bond donors (Lipinski definition) is 2. The van der Waals surface area contributed by atoms with Crippen LogP contribution in [-0.4, -0.2) is 30.9 Å². The molecule has 3 aromatic carbocycles. The molecule has 0 unspecified atom stereocenters. The average Bonchev–Trinajstić information content (AvgIpc) is 2.85. The van der Waals surface area contributed by atoms with Crippen molar-refractivity contribution in [3.63, 3.8) is 0 Å². The zero-order chi connectivity index (χ0) is 23.2. The molecule has 0 bridgehead atoms. The molecule has 5 nitrogen and oxygen atoms in total. The van der Waals surface area contributed by atoms with E-state index in [2.05, 4.69) is 15.5 Å². The summed E-state index contributed by atoms with van der Waals surface area (Å²) in [7, 11) is 0. The van der Waals surface area contributed by atoms with Gasteiger partial charge in [0, 0.05) is 30.4 Å². The molecule has 0 aromatic heterocycles. The Morgan fingerprint density at radius 1 is 0.879 bits per heavy atom. The van der Waals surface area contributed by atoms with Gasteiger partial charge in [-0.25, -0.2) is 0 Å². The monoisotopic (exact) mass is 441 g/mol. The third-order valence-corrected chi connectivity index (χ3v) is 6.25. The van der Waals surface area contributed by atoms with Crippen LogP contribution in [0.4, 0.5) is 5.69 Å². The van der Waals surface area contributed by atoms with E-state index in [1.165, 1.54) is 0 Å². The third-order valence-electron chi connectivity index (χ3n) is 6.25. The minimum Gasteiger partial charge on any atom is -0.371 e. The normalized spacial score (nSPS) is 15.0. The number of piperidine rings is 1. The maximum atomic E-state index is 13.1. The predicted octanol–water partition coefficient (Wildman–Crippen LogP) is 4.88. The standard InChI is InChI=1S/C28H31N3O2/c1-20-9-8-12-23(19-20)27(32)30-24-15-17-31(18-16-24)26-14-7-6-13-25(26)28(33)29-21(2)22-10-4-3-5-11-22/h3-14,19,21,24H,15-18H2,1-2H3,(H,29,33)(H,30,32)/t21-/m1/s1. The van der Waals surface area contributed by atoms with Crippen molar-refractivity contribution in [3.05, 3.63) is 101 Å². The van der Waals surface area contributed by atoms with Gasteiger partial charge in [0.25, 0.3) is 11.8 Å². The largest absolute Gasteiger partial charge is 0.371 e. The lowest BCUT2D eigenvalue weighted by Gasteiger charge is -2.35. The Labute approximate surface area is 195 Å². The molecule has 1 saturated heterocycles. The van der Waals surface area contributed by atoms with Crippen LogP contribution in [0.2, 0.25) is 0 Å². The smallest absolute Gasteiger partial charge is 0.253 e. The number of aryl methyl sites for hydroxylation is 1. The van der Waals surface area contributed by atoms with E-state index in [1.807, 2.05) is 92.7 Å². The van der Waals surface area contributed by atoms with Crippen LogP contribution in [0.1, 0.15) is 57.7 Å². The van der Waals surface area contributed by atoms with Gasteiger partial charge in [-0.05, 0) is 56.5 Å². The van der Waals surface area contributed by atoms with Gasteiger partial charge >= 0.3 is 0 Å². The van der Waals surface area contributed by atoms with Crippen molar-refractivity contribution in [1.82, 2.24) is 10.6 Å². The number of hydrogen-bond acceptors (Lipinski definition) is 3. The summed E-state index contributed by atoms with van der Waals surface area (Å²) in [5, 5.41) is 6.30. The second-order valence-corrected chi connectivity index (χ2v) is 8.73. The molecular formula is C28H31N3O2. The lowest BCUT2D eigenvalue weighted by molar-refractivity contribution is 0.0928. The molecule has 4 rings (SSSR count). The zero-order valence-electron chi connectivity index (χ0n) is 19.3. The highest BCUT2D eigenvalue weighted by molar-refractivity contribution is 6.00. The molecule has 1 atom stereocenters. The summed E-state index contributed by atoms with van der Waals surface area (Å²) in [5.41, 5.74) is 4.48. The Balaban J connectivity index is 1.38. The number of para-hydroxylation sites is 1. The first-order valence-electron chi connectivity index (χ1n) is 11.6. The summed E-state index contributed by atoms with van der Waals surface area (Å²) in [4.78, 5) is 27.9. The summed E-state index contributed by atoms with van der Waals surface area (Å²) in [6, 6.07) is 25.5. The van der Waals surface area contributed by atoms with Gasteiger partial charge in [0.1, 0.15) is 0 Å². The highest BCUT2D eigenvalue weighted by Gasteiger charge is 2.24. The molecule has 33 heavy (non-hydrogen) atoms. The summed E-state index contributed by atoms with van der Waals surface area (Å²) < 4.78 is 0. The SMILES string of the molecule is Cc1cccc(C(=O)NC2CCN(c3ccccc3C(=O)N[C@H](C)c3ccccc3)CC2)c1. The number of anilines is 1. The number of carbonyl (C=O) groups excluding carboxylic acids is 2. The van der Waals surface area contributed by atoms with Crippen molar-refractivity contribution in [1.29, 1.82) is 0 Å². The van der Waals surface area contributed by atoms with Crippen LogP contribution in [0.15, 0.2) is 78.9 Å². The zero-order valence-corrected chi connectivity index (χ0v) is 19.3. The van der Waals surface area contributed by atoms with Crippen molar-refractivity contribution in [2.75, 3.05) is 18.0 Å². The fraction of sp³-hybridized carbons (Fsp3) is 0.286. The molecule has 0 saturated carbocycles. The molecule has 1 aliphatic heterocycles. The molecule has 170 valence electrons. The first-order chi connectivity index (χ1) is 16.0. The van der Waals surface area contributed by atoms with Crippen LogP contribution in [0.5, 0.6) is 0 Å². The summed E-state index contributed by atoms with van der Waals surface area (Å²) in [5.74, 6) is -0.0938. The molecule has 0 spiro atoms. The Kier molecular flexibility index (Phi) is 7.08. The molecule has 2 amide bonds. The highest BCUT2D eigenvalue weighted by Crippen LogP contribution is 2.25. The second kappa shape index (κ2) is 10.3. The summed E-state index contributed by atoms with van der Waals surface area (Å²) >= 11 is 0. The van der Waals surface area contributed by atoms with Crippen molar-refractivity contribution in [3.8, 4) is 0 Å². The maximum Gasteiger partial charge on any atom is 0.253 e. The first kappa shape index (κ1) is 22.6. The number of carbonyl (C=O) groups is 2. The van der Waals surface area contributed by atoms with E-state index < -0.39 is 0 Å². The fourth-order valence-corrected chi connectivity index (χ4v) is 4.36. The summed E-state index contributed by atoms with van der Waals surface area (Å²) in [6.45, 7) is 5.57. The lowest BCUT2D eigenvalue weighted by Crippen LogP contribution is -2.45. The molecule has 5 heteroatoms. The Bertz CT molecular complexity index is 1100. The van der Waals surface area contributed by atoms with Crippen LogP contribution in [0, 0.1) is 6.92 Å². The number of nitrogens with one attached hydrogen (secondary N) is 2. The fourth-order valence-electron chi connectivity index (χ4n) is 4.36. The van der Waals surface area contributed by atoms with E-state index in [0.717, 1.165) is 42.7 Å². The quantitative estimate of drug-likeness (QED) is 0.573. The lowest BCUT2D eigenvalue weighted by atomic mass is 10.0. The van der Waals surface area contributed by atoms with Crippen LogP contribution in [0.25, 0.3) is 0 Å².